The molecule has 1 spiro atoms. The summed E-state index contributed by atoms with van der Waals surface area (Å²) in [6, 6.07) is 3.04. The van der Waals surface area contributed by atoms with Gasteiger partial charge in [-0.15, -0.1) is 0 Å². The molecule has 0 saturated carbocycles. The molecular weight excluding hydrogens is 369 g/mol. The first-order valence-electron chi connectivity index (χ1n) is 9.24. The Bertz CT molecular complexity index is 860. The van der Waals surface area contributed by atoms with Gasteiger partial charge in [0.25, 0.3) is 0 Å². The Morgan fingerprint density at radius 1 is 1.32 bits per heavy atom. The van der Waals surface area contributed by atoms with Gasteiger partial charge in [0.15, 0.2) is 0 Å². The number of anilines is 1. The van der Waals surface area contributed by atoms with Gasteiger partial charge in [0, 0.05) is 37.6 Å². The highest BCUT2D eigenvalue weighted by Gasteiger charge is 2.71. The third-order valence-corrected chi connectivity index (χ3v) is 5.95. The van der Waals surface area contributed by atoms with Gasteiger partial charge in [-0.05, 0) is 31.5 Å². The first-order chi connectivity index (χ1) is 13.3. The molecule has 0 aliphatic carbocycles. The van der Waals surface area contributed by atoms with Gasteiger partial charge in [-0.2, -0.15) is 0 Å². The number of rotatable bonds is 5. The maximum absolute atomic E-state index is 14.0. The van der Waals surface area contributed by atoms with E-state index in [2.05, 4.69) is 10.6 Å². The number of aliphatic hydroxyl groups excluding tert-OH is 1. The monoisotopic (exact) mass is 391 g/mol. The Kier molecular flexibility index (Phi) is 4.48. The van der Waals surface area contributed by atoms with Crippen LogP contribution in [-0.2, 0) is 24.7 Å². The highest BCUT2D eigenvalue weighted by molar-refractivity contribution is 6.15. The number of likely N-dealkylation sites (tertiary alicyclic amines) is 1. The van der Waals surface area contributed by atoms with Crippen LogP contribution in [-0.4, -0.2) is 60.1 Å². The molecule has 28 heavy (non-hydrogen) atoms. The largest absolute Gasteiger partial charge is 0.392 e. The summed E-state index contributed by atoms with van der Waals surface area (Å²) in [6.45, 7) is 2.04. The van der Waals surface area contributed by atoms with Gasteiger partial charge in [0.1, 0.15) is 11.4 Å². The summed E-state index contributed by atoms with van der Waals surface area (Å²) in [6.07, 6.45) is -0.530. The van der Waals surface area contributed by atoms with Crippen LogP contribution in [0.4, 0.5) is 10.1 Å². The normalized spacial score (nSPS) is 32.1. The van der Waals surface area contributed by atoms with Crippen molar-refractivity contribution in [1.82, 2.24) is 10.2 Å². The lowest BCUT2D eigenvalue weighted by Gasteiger charge is -2.30. The smallest absolute Gasteiger partial charge is 0.250 e. The van der Waals surface area contributed by atoms with Crippen LogP contribution in [0.5, 0.6) is 0 Å². The second kappa shape index (κ2) is 6.61. The van der Waals surface area contributed by atoms with Crippen LogP contribution < -0.4 is 10.6 Å². The number of halogens is 1. The van der Waals surface area contributed by atoms with Crippen molar-refractivity contribution >= 4 is 23.4 Å². The Balaban J connectivity index is 1.81. The van der Waals surface area contributed by atoms with Crippen LogP contribution in [0.25, 0.3) is 0 Å². The lowest BCUT2D eigenvalue weighted by Crippen LogP contribution is -2.54. The topological polar surface area (TPSA) is 108 Å². The van der Waals surface area contributed by atoms with Crippen LogP contribution in [0.1, 0.15) is 18.9 Å². The van der Waals surface area contributed by atoms with Gasteiger partial charge in [0.05, 0.1) is 17.9 Å². The number of hydrogen-bond donors (Lipinski definition) is 3. The fourth-order valence-electron chi connectivity index (χ4n) is 4.77. The zero-order valence-electron chi connectivity index (χ0n) is 15.6. The lowest BCUT2D eigenvalue weighted by atomic mass is 9.76. The second-order valence-corrected chi connectivity index (χ2v) is 7.54. The van der Waals surface area contributed by atoms with E-state index < -0.39 is 53.1 Å². The highest BCUT2D eigenvalue weighted by Crippen LogP contribution is 2.53. The standard InChI is InChI=1S/C19H22FN3O5/c1-9(24)15-13-14(17(26)23(16(13)25)6-3-7-28-2)19(22-15)11-8-10(20)4-5-12(11)21-18(19)27/h4-5,8-9,13-15,22,24H,3,6-7H2,1-2H3,(H,21,27)/t9-,13+,14+,15+,19-/m1/s1. The molecule has 0 unspecified atom stereocenters. The maximum atomic E-state index is 14.0. The number of methoxy groups -OCH3 is 1. The van der Waals surface area contributed by atoms with E-state index in [1.807, 2.05) is 0 Å². The van der Waals surface area contributed by atoms with Gasteiger partial charge >= 0.3 is 0 Å². The predicted octanol–water partition coefficient (Wildman–Crippen LogP) is -0.0366. The van der Waals surface area contributed by atoms with Crippen molar-refractivity contribution in [1.29, 1.82) is 0 Å². The third kappa shape index (κ3) is 2.43. The zero-order valence-corrected chi connectivity index (χ0v) is 15.6. The number of ether oxygens (including phenoxy) is 1. The molecule has 9 heteroatoms. The molecule has 5 atom stereocenters. The summed E-state index contributed by atoms with van der Waals surface area (Å²) < 4.78 is 19.0. The minimum Gasteiger partial charge on any atom is -0.392 e. The Labute approximate surface area is 161 Å². The van der Waals surface area contributed by atoms with Gasteiger partial charge in [-0.3, -0.25) is 24.6 Å². The van der Waals surface area contributed by atoms with Crippen molar-refractivity contribution < 1.29 is 28.6 Å². The van der Waals surface area contributed by atoms with Gasteiger partial charge in [0.2, 0.25) is 17.7 Å². The van der Waals surface area contributed by atoms with Crippen LogP contribution in [0.15, 0.2) is 18.2 Å². The van der Waals surface area contributed by atoms with E-state index in [9.17, 15) is 23.9 Å². The fourth-order valence-corrected chi connectivity index (χ4v) is 4.77. The highest BCUT2D eigenvalue weighted by atomic mass is 19.1. The van der Waals surface area contributed by atoms with Crippen molar-refractivity contribution in [2.24, 2.45) is 11.8 Å². The number of hydrogen-bond acceptors (Lipinski definition) is 6. The minimum atomic E-state index is -1.59. The molecule has 3 aliphatic heterocycles. The van der Waals surface area contributed by atoms with E-state index in [-0.39, 0.29) is 12.1 Å². The molecule has 4 rings (SSSR count). The molecule has 2 saturated heterocycles. The molecule has 0 aromatic heterocycles. The van der Waals surface area contributed by atoms with Gasteiger partial charge in [-0.25, -0.2) is 4.39 Å². The van der Waals surface area contributed by atoms with E-state index in [1.165, 1.54) is 32.2 Å². The maximum Gasteiger partial charge on any atom is 0.250 e. The molecule has 1 aromatic carbocycles. The Hall–Kier alpha value is -2.36. The van der Waals surface area contributed by atoms with Crippen LogP contribution in [0.3, 0.4) is 0 Å². The summed E-state index contributed by atoms with van der Waals surface area (Å²) in [4.78, 5) is 40.4. The van der Waals surface area contributed by atoms with Crippen molar-refractivity contribution in [2.45, 2.75) is 31.0 Å². The molecule has 3 aliphatic rings. The number of fused-ring (bicyclic) bond motifs is 4. The molecule has 2 fully saturated rings. The second-order valence-electron chi connectivity index (χ2n) is 7.54. The average molecular weight is 391 g/mol. The number of amides is 3. The van der Waals surface area contributed by atoms with Crippen LogP contribution in [0.2, 0.25) is 0 Å². The first kappa shape index (κ1) is 19.0. The van der Waals surface area contributed by atoms with E-state index in [0.29, 0.717) is 18.7 Å². The number of aliphatic hydroxyl groups is 1. The molecule has 3 N–H and O–H groups in total. The number of carbonyl (C=O) groups excluding carboxylic acids is 3. The van der Waals surface area contributed by atoms with E-state index in [4.69, 9.17) is 4.74 Å². The quantitative estimate of drug-likeness (QED) is 0.480. The number of imide groups is 1. The van der Waals surface area contributed by atoms with Crippen molar-refractivity contribution in [3.8, 4) is 0 Å². The summed E-state index contributed by atoms with van der Waals surface area (Å²) in [7, 11) is 1.53. The summed E-state index contributed by atoms with van der Waals surface area (Å²) in [5.74, 6) is -3.96. The third-order valence-electron chi connectivity index (χ3n) is 5.95. The SMILES string of the molecule is COCCCN1C(=O)[C@@H]2[C@H]([C@@H](C)O)N[C@@]3(C(=O)Nc4ccc(F)cc43)[C@@H]2C1=O. The van der Waals surface area contributed by atoms with Crippen LogP contribution >= 0.6 is 0 Å². The molecular formula is C19H22FN3O5. The molecule has 8 nitrogen and oxygen atoms in total. The van der Waals surface area contributed by atoms with Crippen molar-refractivity contribution in [3.05, 3.63) is 29.6 Å². The molecule has 0 radical (unpaired) electrons. The summed E-state index contributed by atoms with van der Waals surface area (Å²) >= 11 is 0. The Morgan fingerprint density at radius 3 is 2.75 bits per heavy atom. The number of nitrogens with zero attached hydrogens (tertiary/aromatic N) is 1. The lowest BCUT2D eigenvalue weighted by molar-refractivity contribution is -0.143. The van der Waals surface area contributed by atoms with Gasteiger partial charge in [-0.1, -0.05) is 0 Å². The van der Waals surface area contributed by atoms with E-state index in [0.717, 1.165) is 4.90 Å². The van der Waals surface area contributed by atoms with Crippen molar-refractivity contribution in [3.63, 3.8) is 0 Å². The molecule has 3 heterocycles. The predicted molar refractivity (Wildman–Crippen MR) is 95.5 cm³/mol. The first-order valence-corrected chi connectivity index (χ1v) is 9.24. The van der Waals surface area contributed by atoms with Crippen molar-refractivity contribution in [2.75, 3.05) is 25.6 Å². The zero-order chi connectivity index (χ0) is 20.2. The van der Waals surface area contributed by atoms with Crippen LogP contribution in [0, 0.1) is 17.7 Å². The number of benzene rings is 1. The molecule has 1 aromatic rings. The number of nitrogens with one attached hydrogen (secondary N) is 2. The van der Waals surface area contributed by atoms with E-state index >= 15 is 0 Å². The molecule has 3 amide bonds. The summed E-state index contributed by atoms with van der Waals surface area (Å²) in [5.41, 5.74) is -0.913. The Morgan fingerprint density at radius 2 is 2.07 bits per heavy atom. The van der Waals surface area contributed by atoms with Gasteiger partial charge < -0.3 is 15.2 Å². The van der Waals surface area contributed by atoms with E-state index in [1.54, 1.807) is 0 Å². The summed E-state index contributed by atoms with van der Waals surface area (Å²) in [5, 5.41) is 16.0. The minimum absolute atomic E-state index is 0.165. The molecule has 150 valence electrons. The average Bonchev–Trinajstić information content (AvgIpc) is 3.23. The fraction of sp³-hybridized carbons (Fsp3) is 0.526. The number of carbonyl (C=O) groups is 3. The molecule has 0 bridgehead atoms.